The van der Waals surface area contributed by atoms with Crippen molar-refractivity contribution in [2.45, 2.75) is 12.7 Å². The molecule has 2 aromatic carbocycles. The average Bonchev–Trinajstić information content (AvgIpc) is 2.52. The Morgan fingerprint density at radius 1 is 1.08 bits per heavy atom. The number of hydrogen-bond donors (Lipinski definition) is 2. The number of carbonyl (C=O) groups excluding carboxylic acids is 1. The lowest BCUT2D eigenvalue weighted by Gasteiger charge is -2.18. The van der Waals surface area contributed by atoms with E-state index in [-0.39, 0.29) is 23.2 Å². The number of carbonyl (C=O) groups is 2. The Balaban J connectivity index is 2.23. The number of alkyl halides is 3. The van der Waals surface area contributed by atoms with E-state index in [9.17, 15) is 27.9 Å². The highest BCUT2D eigenvalue weighted by atomic mass is 19.4. The van der Waals surface area contributed by atoms with Crippen LogP contribution >= 0.6 is 0 Å². The summed E-state index contributed by atoms with van der Waals surface area (Å²) in [6, 6.07) is 7.74. The van der Waals surface area contributed by atoms with Crippen molar-refractivity contribution in [3.8, 4) is 5.75 Å². The molecule has 0 fully saturated rings. The molecule has 2 aromatic rings. The van der Waals surface area contributed by atoms with E-state index in [1.807, 2.05) is 0 Å². The van der Waals surface area contributed by atoms with Gasteiger partial charge in [-0.15, -0.1) is 0 Å². The minimum Gasteiger partial charge on any atom is -0.508 e. The number of carboxylic acids is 1. The van der Waals surface area contributed by atoms with Crippen LogP contribution in [-0.4, -0.2) is 34.0 Å². The number of rotatable bonds is 4. The first-order valence-electron chi connectivity index (χ1n) is 7.07. The van der Waals surface area contributed by atoms with E-state index in [2.05, 4.69) is 0 Å². The predicted molar refractivity (Wildman–Crippen MR) is 82.3 cm³/mol. The van der Waals surface area contributed by atoms with E-state index in [1.165, 1.54) is 19.2 Å². The zero-order valence-electron chi connectivity index (χ0n) is 13.0. The molecule has 0 radical (unpaired) electrons. The Morgan fingerprint density at radius 3 is 2.32 bits per heavy atom. The molecule has 0 saturated heterocycles. The topological polar surface area (TPSA) is 77.8 Å². The molecule has 0 aromatic heterocycles. The number of halogens is 3. The first-order valence-corrected chi connectivity index (χ1v) is 7.07. The third-order valence-electron chi connectivity index (χ3n) is 3.43. The summed E-state index contributed by atoms with van der Waals surface area (Å²) in [5, 5.41) is 18.5. The monoisotopic (exact) mass is 353 g/mol. The molecule has 0 spiro atoms. The number of aromatic hydroxyl groups is 1. The van der Waals surface area contributed by atoms with Crippen molar-refractivity contribution in [3.63, 3.8) is 0 Å². The van der Waals surface area contributed by atoms with Crippen LogP contribution in [0.3, 0.4) is 0 Å². The minimum atomic E-state index is -4.49. The van der Waals surface area contributed by atoms with Crippen molar-refractivity contribution in [3.05, 3.63) is 64.7 Å². The van der Waals surface area contributed by atoms with Crippen molar-refractivity contribution in [1.82, 2.24) is 4.90 Å². The molecule has 0 saturated carbocycles. The van der Waals surface area contributed by atoms with Crippen molar-refractivity contribution >= 4 is 11.9 Å². The molecule has 0 aliphatic rings. The standard InChI is InChI=1S/C17H14F3NO4/c1-21(9-10-3-2-4-13(5-10)17(18,19)20)15(23)11-6-12(16(24)25)8-14(22)7-11/h2-8,22H,9H2,1H3,(H,24,25). The molecule has 132 valence electrons. The summed E-state index contributed by atoms with van der Waals surface area (Å²) in [5.41, 5.74) is -0.900. The fourth-order valence-electron chi connectivity index (χ4n) is 2.27. The summed E-state index contributed by atoms with van der Waals surface area (Å²) < 4.78 is 38.2. The summed E-state index contributed by atoms with van der Waals surface area (Å²) in [4.78, 5) is 24.5. The third kappa shape index (κ3) is 4.50. The van der Waals surface area contributed by atoms with Crippen LogP contribution in [0.1, 0.15) is 31.8 Å². The van der Waals surface area contributed by atoms with Crippen molar-refractivity contribution in [1.29, 1.82) is 0 Å². The minimum absolute atomic E-state index is 0.0770. The molecule has 0 aliphatic heterocycles. The van der Waals surface area contributed by atoms with Gasteiger partial charge in [-0.25, -0.2) is 4.79 Å². The molecule has 25 heavy (non-hydrogen) atoms. The zero-order valence-corrected chi connectivity index (χ0v) is 13.0. The van der Waals surface area contributed by atoms with Crippen molar-refractivity contribution < 1.29 is 33.0 Å². The highest BCUT2D eigenvalue weighted by Gasteiger charge is 2.30. The third-order valence-corrected chi connectivity index (χ3v) is 3.43. The van der Waals surface area contributed by atoms with Crippen LogP contribution in [0.15, 0.2) is 42.5 Å². The van der Waals surface area contributed by atoms with Gasteiger partial charge >= 0.3 is 12.1 Å². The maximum absolute atomic E-state index is 12.7. The molecule has 2 N–H and O–H groups in total. The van der Waals surface area contributed by atoms with E-state index >= 15 is 0 Å². The van der Waals surface area contributed by atoms with Crippen LogP contribution in [0.25, 0.3) is 0 Å². The van der Waals surface area contributed by atoms with E-state index in [0.29, 0.717) is 0 Å². The van der Waals surface area contributed by atoms with Gasteiger partial charge in [0.15, 0.2) is 0 Å². The van der Waals surface area contributed by atoms with Crippen LogP contribution in [0.2, 0.25) is 0 Å². The van der Waals surface area contributed by atoms with Crippen LogP contribution in [-0.2, 0) is 12.7 Å². The van der Waals surface area contributed by atoms with Gasteiger partial charge in [0.1, 0.15) is 5.75 Å². The highest BCUT2D eigenvalue weighted by molar-refractivity contribution is 5.98. The fraction of sp³-hybridized carbons (Fsp3) is 0.176. The van der Waals surface area contributed by atoms with E-state index in [1.54, 1.807) is 0 Å². The van der Waals surface area contributed by atoms with Crippen molar-refractivity contribution in [2.24, 2.45) is 0 Å². The second-order valence-corrected chi connectivity index (χ2v) is 5.43. The molecule has 0 atom stereocenters. The summed E-state index contributed by atoms with van der Waals surface area (Å²) in [6.45, 7) is -0.110. The Bertz CT molecular complexity index is 818. The van der Waals surface area contributed by atoms with Crippen LogP contribution in [0, 0.1) is 0 Å². The molecule has 0 aliphatic carbocycles. The van der Waals surface area contributed by atoms with Gasteiger partial charge < -0.3 is 15.1 Å². The van der Waals surface area contributed by atoms with Gasteiger partial charge in [0.25, 0.3) is 5.91 Å². The summed E-state index contributed by atoms with van der Waals surface area (Å²) in [6.07, 6.45) is -4.49. The molecule has 5 nitrogen and oxygen atoms in total. The smallest absolute Gasteiger partial charge is 0.416 e. The number of carboxylic acid groups (broad SMARTS) is 1. The van der Waals surface area contributed by atoms with Gasteiger partial charge in [-0.3, -0.25) is 4.79 Å². The highest BCUT2D eigenvalue weighted by Crippen LogP contribution is 2.29. The van der Waals surface area contributed by atoms with Gasteiger partial charge in [0, 0.05) is 19.2 Å². The van der Waals surface area contributed by atoms with Crippen molar-refractivity contribution in [2.75, 3.05) is 7.05 Å². The molecular formula is C17H14F3NO4. The maximum Gasteiger partial charge on any atom is 0.416 e. The molecule has 0 bridgehead atoms. The number of hydrogen-bond acceptors (Lipinski definition) is 3. The van der Waals surface area contributed by atoms with Gasteiger partial charge in [-0.2, -0.15) is 13.2 Å². The first kappa shape index (κ1) is 18.3. The summed E-state index contributed by atoms with van der Waals surface area (Å²) in [7, 11) is 1.37. The number of benzene rings is 2. The SMILES string of the molecule is CN(Cc1cccc(C(F)(F)F)c1)C(=O)c1cc(O)cc(C(=O)O)c1. The van der Waals surface area contributed by atoms with Gasteiger partial charge in [0.05, 0.1) is 11.1 Å². The number of amides is 1. The Labute approximate surface area is 140 Å². The van der Waals surface area contributed by atoms with Crippen LogP contribution < -0.4 is 0 Å². The lowest BCUT2D eigenvalue weighted by Crippen LogP contribution is -2.26. The second kappa shape index (κ2) is 6.84. The lowest BCUT2D eigenvalue weighted by atomic mass is 10.1. The van der Waals surface area contributed by atoms with E-state index < -0.39 is 29.4 Å². The average molecular weight is 353 g/mol. The van der Waals surface area contributed by atoms with Gasteiger partial charge in [-0.1, -0.05) is 12.1 Å². The molecule has 8 heteroatoms. The first-order chi connectivity index (χ1) is 11.6. The van der Waals surface area contributed by atoms with Gasteiger partial charge in [0.2, 0.25) is 0 Å². The lowest BCUT2D eigenvalue weighted by molar-refractivity contribution is -0.137. The Hall–Kier alpha value is -3.03. The van der Waals surface area contributed by atoms with Gasteiger partial charge in [-0.05, 0) is 35.9 Å². The quantitative estimate of drug-likeness (QED) is 0.883. The number of phenolic OH excluding ortho intramolecular Hbond substituents is 1. The number of aromatic carboxylic acids is 1. The Kier molecular flexibility index (Phi) is 5.01. The number of nitrogens with zero attached hydrogens (tertiary/aromatic N) is 1. The van der Waals surface area contributed by atoms with Crippen LogP contribution in [0.5, 0.6) is 5.75 Å². The molecular weight excluding hydrogens is 339 g/mol. The Morgan fingerprint density at radius 2 is 1.72 bits per heavy atom. The number of phenols is 1. The molecule has 1 amide bonds. The van der Waals surface area contributed by atoms with Crippen LogP contribution in [0.4, 0.5) is 13.2 Å². The summed E-state index contributed by atoms with van der Waals surface area (Å²) in [5.74, 6) is -2.34. The largest absolute Gasteiger partial charge is 0.508 e. The maximum atomic E-state index is 12.7. The second-order valence-electron chi connectivity index (χ2n) is 5.43. The summed E-state index contributed by atoms with van der Waals surface area (Å²) >= 11 is 0. The molecule has 2 rings (SSSR count). The fourth-order valence-corrected chi connectivity index (χ4v) is 2.27. The predicted octanol–water partition coefficient (Wildman–Crippen LogP) is 3.38. The van der Waals surface area contributed by atoms with E-state index in [0.717, 1.165) is 35.2 Å². The zero-order chi connectivity index (χ0) is 18.8. The molecule has 0 heterocycles. The molecule has 0 unspecified atom stereocenters. The normalized spacial score (nSPS) is 11.2. The van der Waals surface area contributed by atoms with E-state index in [4.69, 9.17) is 5.11 Å².